The predicted molar refractivity (Wildman–Crippen MR) is 110 cm³/mol. The molecule has 154 valence electrons. The number of rotatable bonds is 9. The lowest BCUT2D eigenvalue weighted by Crippen LogP contribution is -2.27. The first-order valence-corrected chi connectivity index (χ1v) is 9.79. The normalized spacial score (nSPS) is 11.9. The highest BCUT2D eigenvalue weighted by Gasteiger charge is 2.30. The van der Waals surface area contributed by atoms with E-state index in [1.165, 1.54) is 12.3 Å². The fraction of sp³-hybridized carbons (Fsp3) is 0.364. The van der Waals surface area contributed by atoms with Gasteiger partial charge >= 0.3 is 6.18 Å². The molecule has 0 aliphatic carbocycles. The summed E-state index contributed by atoms with van der Waals surface area (Å²) in [6.45, 7) is 5.60. The third-order valence-electron chi connectivity index (χ3n) is 4.69. The van der Waals surface area contributed by atoms with Crippen molar-refractivity contribution in [3.05, 3.63) is 66.1 Å². The van der Waals surface area contributed by atoms with Gasteiger partial charge in [0.2, 0.25) is 0 Å². The number of fused-ring (bicyclic) bond motifs is 1. The molecule has 1 aromatic carbocycles. The van der Waals surface area contributed by atoms with E-state index in [2.05, 4.69) is 27.1 Å². The molecule has 3 aromatic rings. The van der Waals surface area contributed by atoms with Crippen LogP contribution >= 0.6 is 0 Å². The fourth-order valence-electron chi connectivity index (χ4n) is 3.31. The Labute approximate surface area is 168 Å². The van der Waals surface area contributed by atoms with Gasteiger partial charge in [-0.15, -0.1) is 0 Å². The Bertz CT molecular complexity index is 913. The molecule has 0 unspecified atom stereocenters. The van der Waals surface area contributed by atoms with Crippen LogP contribution in [0.3, 0.4) is 0 Å². The number of alkyl halides is 3. The van der Waals surface area contributed by atoms with Crippen molar-refractivity contribution in [2.45, 2.75) is 32.5 Å². The first-order valence-electron chi connectivity index (χ1n) is 9.79. The Morgan fingerprint density at radius 2 is 1.86 bits per heavy atom. The van der Waals surface area contributed by atoms with E-state index in [0.717, 1.165) is 62.5 Å². The number of pyridine rings is 2. The number of anilines is 1. The molecule has 0 bridgehead atoms. The molecule has 0 amide bonds. The molecule has 2 heterocycles. The number of hydrogen-bond donors (Lipinski definition) is 1. The van der Waals surface area contributed by atoms with Crippen molar-refractivity contribution in [3.8, 4) is 0 Å². The molecule has 0 fully saturated rings. The van der Waals surface area contributed by atoms with Gasteiger partial charge in [0.15, 0.2) is 0 Å². The van der Waals surface area contributed by atoms with Gasteiger partial charge < -0.3 is 5.32 Å². The Morgan fingerprint density at radius 1 is 1.00 bits per heavy atom. The molecule has 0 aliphatic heterocycles. The summed E-state index contributed by atoms with van der Waals surface area (Å²) in [7, 11) is 0. The summed E-state index contributed by atoms with van der Waals surface area (Å²) in [6.07, 6.45) is 0.957. The monoisotopic (exact) mass is 402 g/mol. The number of nitrogens with zero attached hydrogens (tertiary/aromatic N) is 3. The summed E-state index contributed by atoms with van der Waals surface area (Å²) >= 11 is 0. The highest BCUT2D eigenvalue weighted by Crippen LogP contribution is 2.32. The van der Waals surface area contributed by atoms with E-state index in [-0.39, 0.29) is 0 Å². The Balaban J connectivity index is 1.58. The van der Waals surface area contributed by atoms with E-state index in [1.807, 2.05) is 18.2 Å². The molecule has 0 saturated carbocycles. The molecule has 0 radical (unpaired) electrons. The number of benzene rings is 1. The molecular formula is C22H25F3N4. The van der Waals surface area contributed by atoms with Crippen LogP contribution in [0.2, 0.25) is 0 Å². The topological polar surface area (TPSA) is 41.0 Å². The Kier molecular flexibility index (Phi) is 7.04. The van der Waals surface area contributed by atoms with Gasteiger partial charge in [-0.1, -0.05) is 19.1 Å². The number of nitrogens with one attached hydrogen (secondary N) is 1. The second-order valence-corrected chi connectivity index (χ2v) is 6.97. The average Bonchev–Trinajstić information content (AvgIpc) is 2.71. The van der Waals surface area contributed by atoms with Gasteiger partial charge in [0.1, 0.15) is 0 Å². The quantitative estimate of drug-likeness (QED) is 0.489. The van der Waals surface area contributed by atoms with E-state index in [0.29, 0.717) is 10.9 Å². The third-order valence-corrected chi connectivity index (χ3v) is 4.69. The zero-order chi connectivity index (χ0) is 20.7. The van der Waals surface area contributed by atoms with Crippen LogP contribution in [0, 0.1) is 0 Å². The molecule has 1 N–H and O–H groups in total. The maximum Gasteiger partial charge on any atom is 0.416 e. The molecule has 4 nitrogen and oxygen atoms in total. The summed E-state index contributed by atoms with van der Waals surface area (Å²) in [5.74, 6) is 0. The SMILES string of the molecule is CCCN(CCCNc1ccnc2cc(C(F)(F)F)ccc12)Cc1ccccn1. The smallest absolute Gasteiger partial charge is 0.384 e. The molecule has 2 aromatic heterocycles. The number of hydrogen-bond acceptors (Lipinski definition) is 4. The lowest BCUT2D eigenvalue weighted by molar-refractivity contribution is -0.137. The fourth-order valence-corrected chi connectivity index (χ4v) is 3.31. The van der Waals surface area contributed by atoms with E-state index in [9.17, 15) is 13.2 Å². The van der Waals surface area contributed by atoms with Crippen molar-refractivity contribution >= 4 is 16.6 Å². The Hall–Kier alpha value is -2.67. The highest BCUT2D eigenvalue weighted by molar-refractivity contribution is 5.91. The summed E-state index contributed by atoms with van der Waals surface area (Å²) in [5.41, 5.74) is 1.51. The van der Waals surface area contributed by atoms with Crippen molar-refractivity contribution in [2.24, 2.45) is 0 Å². The summed E-state index contributed by atoms with van der Waals surface area (Å²) < 4.78 is 38.7. The van der Waals surface area contributed by atoms with Crippen LogP contribution in [-0.2, 0) is 12.7 Å². The van der Waals surface area contributed by atoms with Crippen LogP contribution in [-0.4, -0.2) is 34.5 Å². The summed E-state index contributed by atoms with van der Waals surface area (Å²) in [4.78, 5) is 10.8. The largest absolute Gasteiger partial charge is 0.416 e. The summed E-state index contributed by atoms with van der Waals surface area (Å²) in [5, 5.41) is 4.04. The van der Waals surface area contributed by atoms with Crippen LogP contribution in [0.25, 0.3) is 10.9 Å². The van der Waals surface area contributed by atoms with Crippen molar-refractivity contribution in [2.75, 3.05) is 25.0 Å². The molecular weight excluding hydrogens is 377 g/mol. The molecule has 3 rings (SSSR count). The van der Waals surface area contributed by atoms with Gasteiger partial charge in [-0.05, 0) is 49.7 Å². The maximum atomic E-state index is 12.9. The minimum atomic E-state index is -4.37. The standard InChI is InChI=1S/C22H25F3N4/c1-2-13-29(16-18-6-3-4-10-26-18)14-5-11-27-20-9-12-28-21-15-17(22(23,24)25)7-8-19(20)21/h3-4,6-10,12,15H,2,5,11,13-14,16H2,1H3,(H,27,28). The van der Waals surface area contributed by atoms with Crippen LogP contribution in [0.4, 0.5) is 18.9 Å². The minimum Gasteiger partial charge on any atom is -0.384 e. The zero-order valence-corrected chi connectivity index (χ0v) is 16.4. The van der Waals surface area contributed by atoms with Gasteiger partial charge in [-0.2, -0.15) is 13.2 Å². The van der Waals surface area contributed by atoms with E-state index in [1.54, 1.807) is 12.3 Å². The molecule has 0 spiro atoms. The van der Waals surface area contributed by atoms with Gasteiger partial charge in [0, 0.05) is 43.1 Å². The van der Waals surface area contributed by atoms with Crippen LogP contribution in [0.5, 0.6) is 0 Å². The molecule has 0 aliphatic rings. The van der Waals surface area contributed by atoms with Gasteiger partial charge in [-0.25, -0.2) is 0 Å². The zero-order valence-electron chi connectivity index (χ0n) is 16.4. The highest BCUT2D eigenvalue weighted by atomic mass is 19.4. The number of aromatic nitrogens is 2. The van der Waals surface area contributed by atoms with Crippen LogP contribution in [0.1, 0.15) is 31.0 Å². The second-order valence-electron chi connectivity index (χ2n) is 6.97. The first-order chi connectivity index (χ1) is 14.0. The van der Waals surface area contributed by atoms with Crippen molar-refractivity contribution in [3.63, 3.8) is 0 Å². The van der Waals surface area contributed by atoms with E-state index < -0.39 is 11.7 Å². The molecule has 7 heteroatoms. The molecule has 29 heavy (non-hydrogen) atoms. The molecule has 0 atom stereocenters. The Morgan fingerprint density at radius 3 is 2.59 bits per heavy atom. The predicted octanol–water partition coefficient (Wildman–Crippen LogP) is 5.36. The average molecular weight is 402 g/mol. The minimum absolute atomic E-state index is 0.340. The first kappa shape index (κ1) is 21.0. The third kappa shape index (κ3) is 5.90. The summed E-state index contributed by atoms with van der Waals surface area (Å²) in [6, 6.07) is 11.4. The lowest BCUT2D eigenvalue weighted by Gasteiger charge is -2.21. The number of halogens is 3. The van der Waals surface area contributed by atoms with Gasteiger partial charge in [0.05, 0.1) is 16.8 Å². The van der Waals surface area contributed by atoms with Gasteiger partial charge in [0.25, 0.3) is 0 Å². The van der Waals surface area contributed by atoms with Crippen LogP contribution in [0.15, 0.2) is 54.9 Å². The lowest BCUT2D eigenvalue weighted by atomic mass is 10.1. The van der Waals surface area contributed by atoms with E-state index >= 15 is 0 Å². The molecule has 0 saturated heterocycles. The van der Waals surface area contributed by atoms with Crippen molar-refractivity contribution < 1.29 is 13.2 Å². The van der Waals surface area contributed by atoms with Crippen LogP contribution < -0.4 is 5.32 Å². The second kappa shape index (κ2) is 9.69. The maximum absolute atomic E-state index is 12.9. The van der Waals surface area contributed by atoms with Crippen molar-refractivity contribution in [1.29, 1.82) is 0 Å². The van der Waals surface area contributed by atoms with Crippen molar-refractivity contribution in [1.82, 2.24) is 14.9 Å². The van der Waals surface area contributed by atoms with E-state index in [4.69, 9.17) is 0 Å². The van der Waals surface area contributed by atoms with Gasteiger partial charge in [-0.3, -0.25) is 14.9 Å².